The number of rotatable bonds is 3. The highest BCUT2D eigenvalue weighted by atomic mass is 79.9. The lowest BCUT2D eigenvalue weighted by Gasteiger charge is -2.20. The highest BCUT2D eigenvalue weighted by molar-refractivity contribution is 9.09. The van der Waals surface area contributed by atoms with Crippen molar-refractivity contribution in [1.29, 1.82) is 0 Å². The normalized spacial score (nSPS) is 30.5. The molecular formula is C10H19BrO. The molecule has 1 aliphatic rings. The van der Waals surface area contributed by atoms with Gasteiger partial charge in [0.15, 0.2) is 0 Å². The van der Waals surface area contributed by atoms with Crippen LogP contribution < -0.4 is 0 Å². The minimum Gasteiger partial charge on any atom is -0.372 e. The summed E-state index contributed by atoms with van der Waals surface area (Å²) >= 11 is 3.50. The van der Waals surface area contributed by atoms with Crippen LogP contribution in [0.3, 0.4) is 0 Å². The molecule has 0 aliphatic carbocycles. The molecule has 1 heterocycles. The summed E-state index contributed by atoms with van der Waals surface area (Å²) in [5.41, 5.74) is 0.136. The molecule has 0 aromatic heterocycles. The van der Waals surface area contributed by atoms with Gasteiger partial charge in [-0.1, -0.05) is 22.9 Å². The fourth-order valence-corrected chi connectivity index (χ4v) is 2.02. The van der Waals surface area contributed by atoms with E-state index in [-0.39, 0.29) is 5.60 Å². The Hall–Kier alpha value is 0.440. The van der Waals surface area contributed by atoms with Crippen LogP contribution in [-0.4, -0.2) is 17.0 Å². The topological polar surface area (TPSA) is 9.23 Å². The second-order valence-electron chi connectivity index (χ2n) is 4.53. The highest BCUT2D eigenvalue weighted by Crippen LogP contribution is 2.32. The van der Waals surface area contributed by atoms with Crippen molar-refractivity contribution in [2.45, 2.75) is 51.7 Å². The number of halogens is 1. The minimum absolute atomic E-state index is 0.136. The van der Waals surface area contributed by atoms with Gasteiger partial charge in [-0.2, -0.15) is 0 Å². The largest absolute Gasteiger partial charge is 0.372 e. The first-order chi connectivity index (χ1) is 5.53. The first-order valence-electron chi connectivity index (χ1n) is 4.77. The van der Waals surface area contributed by atoms with Crippen LogP contribution in [0.4, 0.5) is 0 Å². The average Bonchev–Trinajstić information content (AvgIpc) is 2.30. The van der Waals surface area contributed by atoms with E-state index in [0.29, 0.717) is 6.10 Å². The molecule has 0 spiro atoms. The van der Waals surface area contributed by atoms with Gasteiger partial charge in [0.05, 0.1) is 11.7 Å². The first kappa shape index (κ1) is 10.5. The zero-order chi connectivity index (χ0) is 9.19. The molecule has 1 saturated heterocycles. The second kappa shape index (κ2) is 4.10. The lowest BCUT2D eigenvalue weighted by molar-refractivity contribution is -0.0225. The lowest BCUT2D eigenvalue weighted by atomic mass is 10.0. The van der Waals surface area contributed by atoms with Crippen molar-refractivity contribution in [1.82, 2.24) is 0 Å². The molecule has 0 N–H and O–H groups in total. The maximum Gasteiger partial charge on any atom is 0.0631 e. The van der Waals surface area contributed by atoms with E-state index in [1.165, 1.54) is 19.3 Å². The van der Waals surface area contributed by atoms with Crippen molar-refractivity contribution < 1.29 is 4.74 Å². The van der Waals surface area contributed by atoms with Crippen LogP contribution in [0.25, 0.3) is 0 Å². The van der Waals surface area contributed by atoms with Gasteiger partial charge in [-0.15, -0.1) is 0 Å². The maximum absolute atomic E-state index is 5.90. The number of hydrogen-bond acceptors (Lipinski definition) is 1. The van der Waals surface area contributed by atoms with Crippen LogP contribution in [-0.2, 0) is 4.74 Å². The van der Waals surface area contributed by atoms with E-state index in [9.17, 15) is 0 Å². The van der Waals surface area contributed by atoms with E-state index < -0.39 is 0 Å². The van der Waals surface area contributed by atoms with Crippen molar-refractivity contribution in [3.63, 3.8) is 0 Å². The van der Waals surface area contributed by atoms with Crippen LogP contribution in [0.2, 0.25) is 0 Å². The second-order valence-corrected chi connectivity index (χ2v) is 5.18. The van der Waals surface area contributed by atoms with E-state index in [4.69, 9.17) is 4.74 Å². The Bertz CT molecular complexity index is 145. The number of alkyl halides is 1. The fourth-order valence-electron chi connectivity index (χ4n) is 1.76. The molecule has 1 aliphatic heterocycles. The smallest absolute Gasteiger partial charge is 0.0631 e. The molecule has 0 saturated carbocycles. The summed E-state index contributed by atoms with van der Waals surface area (Å²) in [4.78, 5) is 0. The van der Waals surface area contributed by atoms with Gasteiger partial charge >= 0.3 is 0 Å². The molecule has 2 atom stereocenters. The van der Waals surface area contributed by atoms with Crippen molar-refractivity contribution >= 4 is 15.9 Å². The Morgan fingerprint density at radius 3 is 2.67 bits per heavy atom. The first-order valence-corrected chi connectivity index (χ1v) is 5.89. The number of ether oxygens (including phenoxy) is 1. The maximum atomic E-state index is 5.90. The summed E-state index contributed by atoms with van der Waals surface area (Å²) in [5, 5.41) is 1.09. The molecule has 2 heteroatoms. The summed E-state index contributed by atoms with van der Waals surface area (Å²) < 4.78 is 5.90. The predicted octanol–water partition coefficient (Wildman–Crippen LogP) is 3.37. The zero-order valence-corrected chi connectivity index (χ0v) is 9.86. The standard InChI is InChI=1S/C10H19BrO/c1-8(7-11)6-9-4-5-10(2,3)12-9/h8-9H,4-7H2,1-3H3. The van der Waals surface area contributed by atoms with E-state index in [2.05, 4.69) is 36.7 Å². The van der Waals surface area contributed by atoms with Gasteiger partial charge in [-0.05, 0) is 39.0 Å². The average molecular weight is 235 g/mol. The lowest BCUT2D eigenvalue weighted by Crippen LogP contribution is -2.21. The van der Waals surface area contributed by atoms with Gasteiger partial charge in [0, 0.05) is 5.33 Å². The van der Waals surface area contributed by atoms with Crippen molar-refractivity contribution in [3.8, 4) is 0 Å². The SMILES string of the molecule is CC(CBr)CC1CCC(C)(C)O1. The summed E-state index contributed by atoms with van der Waals surface area (Å²) in [6.45, 7) is 6.64. The highest BCUT2D eigenvalue weighted by Gasteiger charge is 2.31. The van der Waals surface area contributed by atoms with Gasteiger partial charge in [0.25, 0.3) is 0 Å². The molecule has 1 fully saturated rings. The third-order valence-corrected chi connectivity index (χ3v) is 3.59. The minimum atomic E-state index is 0.136. The molecule has 2 unspecified atom stereocenters. The van der Waals surface area contributed by atoms with E-state index in [0.717, 1.165) is 11.2 Å². The summed E-state index contributed by atoms with van der Waals surface area (Å²) in [6.07, 6.45) is 4.17. The fraction of sp³-hybridized carbons (Fsp3) is 1.00. The Kier molecular flexibility index (Phi) is 3.59. The van der Waals surface area contributed by atoms with Crippen LogP contribution in [0, 0.1) is 5.92 Å². The van der Waals surface area contributed by atoms with Crippen molar-refractivity contribution in [2.75, 3.05) is 5.33 Å². The van der Waals surface area contributed by atoms with Gasteiger partial charge in [-0.3, -0.25) is 0 Å². The molecule has 1 rings (SSSR count). The molecule has 0 aromatic rings. The summed E-state index contributed by atoms with van der Waals surface area (Å²) in [5.74, 6) is 0.740. The third kappa shape index (κ3) is 3.06. The molecule has 0 bridgehead atoms. The van der Waals surface area contributed by atoms with Crippen molar-refractivity contribution in [3.05, 3.63) is 0 Å². The molecule has 0 aromatic carbocycles. The van der Waals surface area contributed by atoms with Crippen LogP contribution in [0.15, 0.2) is 0 Å². The van der Waals surface area contributed by atoms with E-state index in [1.54, 1.807) is 0 Å². The molecule has 1 nitrogen and oxygen atoms in total. The monoisotopic (exact) mass is 234 g/mol. The Morgan fingerprint density at radius 2 is 2.25 bits per heavy atom. The quantitative estimate of drug-likeness (QED) is 0.681. The van der Waals surface area contributed by atoms with Crippen LogP contribution in [0.1, 0.15) is 40.0 Å². The number of hydrogen-bond donors (Lipinski definition) is 0. The van der Waals surface area contributed by atoms with E-state index >= 15 is 0 Å². The Labute approximate surface area is 84.0 Å². The van der Waals surface area contributed by atoms with Gasteiger partial charge in [0.2, 0.25) is 0 Å². The van der Waals surface area contributed by atoms with Crippen LogP contribution in [0.5, 0.6) is 0 Å². The molecular weight excluding hydrogens is 216 g/mol. The zero-order valence-electron chi connectivity index (χ0n) is 8.27. The van der Waals surface area contributed by atoms with Crippen LogP contribution >= 0.6 is 15.9 Å². The predicted molar refractivity (Wildman–Crippen MR) is 55.8 cm³/mol. The summed E-state index contributed by atoms with van der Waals surface area (Å²) in [7, 11) is 0. The molecule has 12 heavy (non-hydrogen) atoms. The van der Waals surface area contributed by atoms with Gasteiger partial charge < -0.3 is 4.74 Å². The molecule has 72 valence electrons. The third-order valence-electron chi connectivity index (χ3n) is 2.48. The Balaban J connectivity index is 2.28. The van der Waals surface area contributed by atoms with Crippen molar-refractivity contribution in [2.24, 2.45) is 5.92 Å². The molecule has 0 radical (unpaired) electrons. The van der Waals surface area contributed by atoms with Gasteiger partial charge in [0.1, 0.15) is 0 Å². The Morgan fingerprint density at radius 1 is 1.58 bits per heavy atom. The van der Waals surface area contributed by atoms with E-state index in [1.807, 2.05) is 0 Å². The molecule has 0 amide bonds. The van der Waals surface area contributed by atoms with Gasteiger partial charge in [-0.25, -0.2) is 0 Å². The summed E-state index contributed by atoms with van der Waals surface area (Å²) in [6, 6.07) is 0.